The first kappa shape index (κ1) is 13.5. The van der Waals surface area contributed by atoms with Crippen molar-refractivity contribution in [3.63, 3.8) is 0 Å². The lowest BCUT2D eigenvalue weighted by atomic mass is 10.1. The summed E-state index contributed by atoms with van der Waals surface area (Å²) in [6.45, 7) is 4.09. The van der Waals surface area contributed by atoms with E-state index >= 15 is 0 Å². The third-order valence-corrected chi connectivity index (χ3v) is 3.48. The molecule has 100 valence electrons. The Morgan fingerprint density at radius 1 is 1.06 bits per heavy atom. The molecule has 1 unspecified atom stereocenters. The molecule has 0 aromatic heterocycles. The fourth-order valence-electron chi connectivity index (χ4n) is 2.58. The van der Waals surface area contributed by atoms with Gasteiger partial charge >= 0.3 is 0 Å². The average molecular weight is 270 g/mol. The van der Waals surface area contributed by atoms with Gasteiger partial charge in [0.2, 0.25) is 0 Å². The smallest absolute Gasteiger partial charge is 0.161 e. The van der Waals surface area contributed by atoms with Crippen molar-refractivity contribution in [1.29, 1.82) is 0 Å². The molecule has 0 radical (unpaired) electrons. The number of ether oxygens (including phenoxy) is 2. The highest BCUT2D eigenvalue weighted by molar-refractivity contribution is 5.85. The molecule has 0 saturated carbocycles. The molecule has 4 heteroatoms. The second kappa shape index (κ2) is 6.30. The van der Waals surface area contributed by atoms with E-state index in [9.17, 15) is 0 Å². The standard InChI is InChI=1S/C14H19NO2.ClH/c1-4-8-15(9-5-1)10-12-11-16-13-6-2-3-7-14(13)17-12;/h2-3,6-7,12H,1,4-5,8-11H2;1H. The number of nitrogens with zero attached hydrogens (tertiary/aromatic N) is 1. The monoisotopic (exact) mass is 269 g/mol. The van der Waals surface area contributed by atoms with Crippen molar-refractivity contribution < 1.29 is 9.47 Å². The van der Waals surface area contributed by atoms with Crippen molar-refractivity contribution in [2.45, 2.75) is 25.4 Å². The lowest BCUT2D eigenvalue weighted by Crippen LogP contribution is -2.42. The topological polar surface area (TPSA) is 21.7 Å². The van der Waals surface area contributed by atoms with Gasteiger partial charge in [-0.25, -0.2) is 0 Å². The summed E-state index contributed by atoms with van der Waals surface area (Å²) in [5.41, 5.74) is 0. The molecule has 2 aliphatic heterocycles. The second-order valence-corrected chi connectivity index (χ2v) is 4.86. The van der Waals surface area contributed by atoms with Crippen LogP contribution >= 0.6 is 12.4 Å². The maximum atomic E-state index is 5.97. The summed E-state index contributed by atoms with van der Waals surface area (Å²) in [5, 5.41) is 0. The Kier molecular flexibility index (Phi) is 4.72. The summed E-state index contributed by atoms with van der Waals surface area (Å²) in [5.74, 6) is 1.77. The van der Waals surface area contributed by atoms with Crippen molar-refractivity contribution in [3.8, 4) is 11.5 Å². The highest BCUT2D eigenvalue weighted by Crippen LogP contribution is 2.31. The van der Waals surface area contributed by atoms with Crippen LogP contribution in [0.25, 0.3) is 0 Å². The number of hydrogen-bond donors (Lipinski definition) is 0. The van der Waals surface area contributed by atoms with Crippen molar-refractivity contribution in [3.05, 3.63) is 24.3 Å². The predicted octanol–water partition coefficient (Wildman–Crippen LogP) is 2.73. The van der Waals surface area contributed by atoms with E-state index in [1.54, 1.807) is 0 Å². The lowest BCUT2D eigenvalue weighted by Gasteiger charge is -2.33. The van der Waals surface area contributed by atoms with E-state index in [1.807, 2.05) is 24.3 Å². The Balaban J connectivity index is 0.00000120. The molecular formula is C14H20ClNO2. The first-order chi connectivity index (χ1) is 8.42. The number of para-hydroxylation sites is 2. The van der Waals surface area contributed by atoms with Crippen LogP contribution in [0.1, 0.15) is 19.3 Å². The van der Waals surface area contributed by atoms with Gasteiger partial charge in [-0.15, -0.1) is 12.4 Å². The fraction of sp³-hybridized carbons (Fsp3) is 0.571. The van der Waals surface area contributed by atoms with Gasteiger partial charge in [0.05, 0.1) is 0 Å². The van der Waals surface area contributed by atoms with Crippen LogP contribution in [0.15, 0.2) is 24.3 Å². The van der Waals surface area contributed by atoms with E-state index in [0.29, 0.717) is 6.61 Å². The van der Waals surface area contributed by atoms with Crippen molar-refractivity contribution in [2.75, 3.05) is 26.2 Å². The molecule has 0 spiro atoms. The van der Waals surface area contributed by atoms with Crippen LogP contribution in [0.5, 0.6) is 11.5 Å². The molecule has 3 rings (SSSR count). The van der Waals surface area contributed by atoms with Gasteiger partial charge in [-0.2, -0.15) is 0 Å². The predicted molar refractivity (Wildman–Crippen MR) is 73.9 cm³/mol. The average Bonchev–Trinajstić information content (AvgIpc) is 2.40. The number of piperidine rings is 1. The van der Waals surface area contributed by atoms with Gasteiger partial charge in [0, 0.05) is 6.54 Å². The molecular weight excluding hydrogens is 250 g/mol. The lowest BCUT2D eigenvalue weighted by molar-refractivity contribution is 0.0533. The van der Waals surface area contributed by atoms with E-state index in [-0.39, 0.29) is 18.5 Å². The van der Waals surface area contributed by atoms with E-state index in [2.05, 4.69) is 4.90 Å². The number of likely N-dealkylation sites (tertiary alicyclic amines) is 1. The normalized spacial score (nSPS) is 23.2. The number of hydrogen-bond acceptors (Lipinski definition) is 3. The van der Waals surface area contributed by atoms with Crippen LogP contribution in [-0.2, 0) is 0 Å². The third-order valence-electron chi connectivity index (χ3n) is 3.48. The largest absolute Gasteiger partial charge is 0.486 e. The van der Waals surface area contributed by atoms with Gasteiger partial charge in [0.25, 0.3) is 0 Å². The van der Waals surface area contributed by atoms with Crippen molar-refractivity contribution in [2.24, 2.45) is 0 Å². The number of fused-ring (bicyclic) bond motifs is 1. The molecule has 2 aliphatic rings. The van der Waals surface area contributed by atoms with Gasteiger partial charge < -0.3 is 9.47 Å². The highest BCUT2D eigenvalue weighted by atomic mass is 35.5. The van der Waals surface area contributed by atoms with Gasteiger partial charge in [-0.3, -0.25) is 4.90 Å². The summed E-state index contributed by atoms with van der Waals surface area (Å²) in [6.07, 6.45) is 4.21. The molecule has 1 fully saturated rings. The minimum absolute atomic E-state index is 0. The van der Waals surface area contributed by atoms with Gasteiger partial charge in [0.1, 0.15) is 12.7 Å². The fourth-order valence-corrected chi connectivity index (χ4v) is 2.58. The van der Waals surface area contributed by atoms with Crippen LogP contribution in [-0.4, -0.2) is 37.2 Å². The number of rotatable bonds is 2. The first-order valence-corrected chi connectivity index (χ1v) is 6.53. The molecule has 0 aliphatic carbocycles. The van der Waals surface area contributed by atoms with Crippen LogP contribution in [0, 0.1) is 0 Å². The molecule has 1 saturated heterocycles. The summed E-state index contributed by atoms with van der Waals surface area (Å²) < 4.78 is 11.7. The molecule has 1 aromatic rings. The van der Waals surface area contributed by atoms with E-state index < -0.39 is 0 Å². The molecule has 1 aromatic carbocycles. The minimum Gasteiger partial charge on any atom is -0.486 e. The first-order valence-electron chi connectivity index (χ1n) is 6.53. The maximum Gasteiger partial charge on any atom is 0.161 e. The van der Waals surface area contributed by atoms with Gasteiger partial charge in [-0.1, -0.05) is 18.6 Å². The highest BCUT2D eigenvalue weighted by Gasteiger charge is 2.23. The molecule has 0 N–H and O–H groups in total. The Hall–Kier alpha value is -0.930. The van der Waals surface area contributed by atoms with Gasteiger partial charge in [-0.05, 0) is 38.1 Å². The zero-order valence-electron chi connectivity index (χ0n) is 10.5. The van der Waals surface area contributed by atoms with Crippen LogP contribution < -0.4 is 9.47 Å². The molecule has 3 nitrogen and oxygen atoms in total. The minimum atomic E-state index is 0. The van der Waals surface area contributed by atoms with E-state index in [4.69, 9.17) is 9.47 Å². The summed E-state index contributed by atoms with van der Waals surface area (Å²) in [4.78, 5) is 2.49. The number of benzene rings is 1. The summed E-state index contributed by atoms with van der Waals surface area (Å²) >= 11 is 0. The quantitative estimate of drug-likeness (QED) is 0.824. The zero-order chi connectivity index (χ0) is 11.5. The Morgan fingerprint density at radius 2 is 1.78 bits per heavy atom. The van der Waals surface area contributed by atoms with Crippen LogP contribution in [0.4, 0.5) is 0 Å². The summed E-state index contributed by atoms with van der Waals surface area (Å²) in [7, 11) is 0. The third kappa shape index (κ3) is 3.09. The Labute approximate surface area is 114 Å². The van der Waals surface area contributed by atoms with E-state index in [0.717, 1.165) is 18.0 Å². The van der Waals surface area contributed by atoms with Crippen molar-refractivity contribution >= 4 is 12.4 Å². The van der Waals surface area contributed by atoms with Crippen molar-refractivity contribution in [1.82, 2.24) is 4.90 Å². The number of halogens is 1. The molecule has 18 heavy (non-hydrogen) atoms. The second-order valence-electron chi connectivity index (χ2n) is 4.86. The summed E-state index contributed by atoms with van der Waals surface area (Å²) in [6, 6.07) is 7.92. The Morgan fingerprint density at radius 3 is 2.56 bits per heavy atom. The van der Waals surface area contributed by atoms with Gasteiger partial charge in [0.15, 0.2) is 11.5 Å². The van der Waals surface area contributed by atoms with Crippen LogP contribution in [0.2, 0.25) is 0 Å². The maximum absolute atomic E-state index is 5.97. The molecule has 0 bridgehead atoms. The molecule has 0 amide bonds. The van der Waals surface area contributed by atoms with E-state index in [1.165, 1.54) is 32.4 Å². The Bertz CT molecular complexity index is 380. The SMILES string of the molecule is Cl.c1ccc2c(c1)OCC(CN1CCCCC1)O2. The molecule has 2 heterocycles. The van der Waals surface area contributed by atoms with Crippen LogP contribution in [0.3, 0.4) is 0 Å². The zero-order valence-corrected chi connectivity index (χ0v) is 11.3. The molecule has 1 atom stereocenters.